The first-order valence-corrected chi connectivity index (χ1v) is 7.83. The number of carbonyl (C=O) groups is 1. The van der Waals surface area contributed by atoms with Gasteiger partial charge in [-0.3, -0.25) is 4.79 Å². The molecule has 1 aromatic heterocycles. The molecule has 2 fully saturated rings. The van der Waals surface area contributed by atoms with Crippen molar-refractivity contribution >= 4 is 5.78 Å². The number of aromatic nitrogens is 2. The van der Waals surface area contributed by atoms with Crippen molar-refractivity contribution in [2.24, 2.45) is 0 Å². The maximum absolute atomic E-state index is 11.8. The Hall–Kier alpha value is -1.29. The highest BCUT2D eigenvalue weighted by atomic mass is 16.1. The van der Waals surface area contributed by atoms with Crippen molar-refractivity contribution in [3.8, 4) is 0 Å². The third-order valence-electron chi connectivity index (χ3n) is 5.47. The van der Waals surface area contributed by atoms with E-state index in [9.17, 15) is 4.79 Å². The van der Waals surface area contributed by atoms with E-state index in [1.807, 2.05) is 0 Å². The Balaban J connectivity index is 1.62. The van der Waals surface area contributed by atoms with Gasteiger partial charge in [-0.25, -0.2) is 9.97 Å². The first-order chi connectivity index (χ1) is 9.72. The van der Waals surface area contributed by atoms with Crippen LogP contribution in [0.1, 0.15) is 66.3 Å². The van der Waals surface area contributed by atoms with Crippen molar-refractivity contribution in [3.63, 3.8) is 0 Å². The van der Waals surface area contributed by atoms with E-state index >= 15 is 0 Å². The first-order valence-electron chi connectivity index (χ1n) is 7.83. The number of aryl methyl sites for hydroxylation is 1. The van der Waals surface area contributed by atoms with E-state index in [4.69, 9.17) is 4.98 Å². The minimum Gasteiger partial charge on any atom is -0.300 e. The van der Waals surface area contributed by atoms with E-state index < -0.39 is 0 Å². The molecular formula is C16H21N3O. The predicted octanol–water partition coefficient (Wildman–Crippen LogP) is 2.34. The van der Waals surface area contributed by atoms with E-state index in [0.29, 0.717) is 24.4 Å². The van der Waals surface area contributed by atoms with Gasteiger partial charge >= 0.3 is 0 Å². The fraction of sp³-hybridized carbons (Fsp3) is 0.688. The van der Waals surface area contributed by atoms with Gasteiger partial charge in [-0.05, 0) is 45.6 Å². The molecule has 1 aromatic rings. The van der Waals surface area contributed by atoms with Gasteiger partial charge in [0, 0.05) is 30.6 Å². The van der Waals surface area contributed by atoms with Crippen LogP contribution < -0.4 is 0 Å². The van der Waals surface area contributed by atoms with Crippen LogP contribution in [0.15, 0.2) is 6.20 Å². The summed E-state index contributed by atoms with van der Waals surface area (Å²) in [5, 5.41) is 0. The van der Waals surface area contributed by atoms with E-state index in [0.717, 1.165) is 29.9 Å². The Morgan fingerprint density at radius 3 is 2.70 bits per heavy atom. The van der Waals surface area contributed by atoms with Crippen molar-refractivity contribution < 1.29 is 4.79 Å². The van der Waals surface area contributed by atoms with Gasteiger partial charge < -0.3 is 4.90 Å². The summed E-state index contributed by atoms with van der Waals surface area (Å²) in [6.07, 6.45) is 9.34. The molecule has 0 amide bonds. The van der Waals surface area contributed by atoms with Crippen LogP contribution in [0.3, 0.4) is 0 Å². The monoisotopic (exact) mass is 271 g/mol. The summed E-state index contributed by atoms with van der Waals surface area (Å²) in [6.45, 7) is 0. The van der Waals surface area contributed by atoms with Crippen molar-refractivity contribution in [2.75, 3.05) is 7.05 Å². The van der Waals surface area contributed by atoms with Crippen LogP contribution in [0.4, 0.5) is 0 Å². The lowest BCUT2D eigenvalue weighted by Crippen LogP contribution is -2.39. The molecule has 2 atom stereocenters. The molecule has 2 unspecified atom stereocenters. The number of rotatable bonds is 1. The van der Waals surface area contributed by atoms with Crippen LogP contribution in [0.2, 0.25) is 0 Å². The third-order valence-corrected chi connectivity index (χ3v) is 5.47. The van der Waals surface area contributed by atoms with Crippen molar-refractivity contribution in [2.45, 2.75) is 62.9 Å². The van der Waals surface area contributed by atoms with Gasteiger partial charge in [0.05, 0.1) is 11.3 Å². The fourth-order valence-corrected chi connectivity index (χ4v) is 4.23. The maximum atomic E-state index is 11.8. The second-order valence-electron chi connectivity index (χ2n) is 6.58. The Morgan fingerprint density at radius 2 is 1.95 bits per heavy atom. The summed E-state index contributed by atoms with van der Waals surface area (Å²) < 4.78 is 0. The van der Waals surface area contributed by atoms with Gasteiger partial charge in [0.15, 0.2) is 5.78 Å². The standard InChI is InChI=1S/C16H21N3O/c1-19-11-5-6-12(19)8-10(7-11)16-17-9-13-14(18-16)3-2-4-15(13)20/h9-12H,2-8H2,1H3. The lowest BCUT2D eigenvalue weighted by atomic mass is 9.89. The van der Waals surface area contributed by atoms with Gasteiger partial charge in [-0.2, -0.15) is 0 Å². The number of carbonyl (C=O) groups excluding carboxylic acids is 1. The van der Waals surface area contributed by atoms with Gasteiger partial charge in [0.2, 0.25) is 0 Å². The molecule has 0 aromatic carbocycles. The Bertz CT molecular complexity index is 543. The second kappa shape index (κ2) is 4.62. The number of piperidine rings is 1. The Labute approximate surface area is 119 Å². The van der Waals surface area contributed by atoms with E-state index in [1.165, 1.54) is 25.7 Å². The number of Topliss-reactive ketones (excluding diaryl/α,β-unsaturated/α-hetero) is 1. The summed E-state index contributed by atoms with van der Waals surface area (Å²) in [6, 6.07) is 1.42. The van der Waals surface area contributed by atoms with Crippen molar-refractivity contribution in [1.29, 1.82) is 0 Å². The fourth-order valence-electron chi connectivity index (χ4n) is 4.23. The van der Waals surface area contributed by atoms with Gasteiger partial charge in [0.1, 0.15) is 5.82 Å². The molecule has 2 bridgehead atoms. The molecule has 4 nitrogen and oxygen atoms in total. The number of nitrogens with zero attached hydrogens (tertiary/aromatic N) is 3. The minimum absolute atomic E-state index is 0.223. The predicted molar refractivity (Wildman–Crippen MR) is 75.8 cm³/mol. The van der Waals surface area contributed by atoms with Crippen LogP contribution in [-0.4, -0.2) is 39.8 Å². The average molecular weight is 271 g/mol. The minimum atomic E-state index is 0.223. The molecule has 1 aliphatic carbocycles. The summed E-state index contributed by atoms with van der Waals surface area (Å²) in [4.78, 5) is 23.7. The largest absolute Gasteiger partial charge is 0.300 e. The smallest absolute Gasteiger partial charge is 0.166 e. The second-order valence-corrected chi connectivity index (χ2v) is 6.58. The summed E-state index contributed by atoms with van der Waals surface area (Å²) >= 11 is 0. The SMILES string of the molecule is CN1C2CCC1CC(c1ncc3c(n1)CCCC3=O)C2. The topological polar surface area (TPSA) is 46.1 Å². The molecule has 2 aliphatic heterocycles. The van der Waals surface area contributed by atoms with Gasteiger partial charge in [-0.1, -0.05) is 0 Å². The zero-order chi connectivity index (χ0) is 13.7. The average Bonchev–Trinajstić information content (AvgIpc) is 2.69. The van der Waals surface area contributed by atoms with Crippen LogP contribution in [-0.2, 0) is 6.42 Å². The normalized spacial score (nSPS) is 33.2. The molecule has 0 N–H and O–H groups in total. The highest BCUT2D eigenvalue weighted by Gasteiger charge is 2.40. The van der Waals surface area contributed by atoms with E-state index in [-0.39, 0.29) is 5.78 Å². The van der Waals surface area contributed by atoms with Crippen LogP contribution >= 0.6 is 0 Å². The summed E-state index contributed by atoms with van der Waals surface area (Å²) in [5.41, 5.74) is 1.77. The van der Waals surface area contributed by atoms with Crippen LogP contribution in [0.5, 0.6) is 0 Å². The summed E-state index contributed by atoms with van der Waals surface area (Å²) in [7, 11) is 2.25. The van der Waals surface area contributed by atoms with Crippen molar-refractivity contribution in [1.82, 2.24) is 14.9 Å². The molecule has 0 radical (unpaired) electrons. The first kappa shape index (κ1) is 12.5. The Morgan fingerprint density at radius 1 is 1.20 bits per heavy atom. The number of hydrogen-bond donors (Lipinski definition) is 0. The molecular weight excluding hydrogens is 250 g/mol. The molecule has 0 saturated carbocycles. The third kappa shape index (κ3) is 1.89. The molecule has 0 spiro atoms. The maximum Gasteiger partial charge on any atom is 0.166 e. The highest BCUT2D eigenvalue weighted by molar-refractivity contribution is 5.97. The zero-order valence-electron chi connectivity index (χ0n) is 12.0. The van der Waals surface area contributed by atoms with Gasteiger partial charge in [-0.15, -0.1) is 0 Å². The van der Waals surface area contributed by atoms with Crippen LogP contribution in [0.25, 0.3) is 0 Å². The van der Waals surface area contributed by atoms with Crippen LogP contribution in [0, 0.1) is 0 Å². The molecule has 20 heavy (non-hydrogen) atoms. The zero-order valence-corrected chi connectivity index (χ0v) is 12.0. The molecule has 4 heteroatoms. The highest BCUT2D eigenvalue weighted by Crippen LogP contribution is 2.41. The molecule has 4 rings (SSSR count). The van der Waals surface area contributed by atoms with E-state index in [2.05, 4.69) is 16.9 Å². The number of fused-ring (bicyclic) bond motifs is 3. The number of hydrogen-bond acceptors (Lipinski definition) is 4. The molecule has 2 saturated heterocycles. The molecule has 3 heterocycles. The lowest BCUT2D eigenvalue weighted by Gasteiger charge is -2.35. The lowest BCUT2D eigenvalue weighted by molar-refractivity contribution is 0.0970. The summed E-state index contributed by atoms with van der Waals surface area (Å²) in [5.74, 6) is 1.70. The van der Waals surface area contributed by atoms with E-state index in [1.54, 1.807) is 6.20 Å². The Kier molecular flexibility index (Phi) is 2.88. The number of ketones is 1. The van der Waals surface area contributed by atoms with Crippen molar-refractivity contribution in [3.05, 3.63) is 23.3 Å². The quantitative estimate of drug-likeness (QED) is 0.786. The van der Waals surface area contributed by atoms with Gasteiger partial charge in [0.25, 0.3) is 0 Å². The molecule has 106 valence electrons. The molecule has 3 aliphatic rings.